The van der Waals surface area contributed by atoms with Crippen molar-refractivity contribution in [2.75, 3.05) is 0 Å². The molecule has 0 aromatic heterocycles. The summed E-state index contributed by atoms with van der Waals surface area (Å²) in [7, 11) is 0. The van der Waals surface area contributed by atoms with E-state index in [-0.39, 0.29) is 10.0 Å². The molecule has 0 saturated heterocycles. The molecule has 0 aliphatic rings. The van der Waals surface area contributed by atoms with Gasteiger partial charge < -0.3 is 0 Å². The standard InChI is InChI=1S/C8H4Cl2F4/c9-5-1-2-6(11)4(7(5)10)3-8(12,13)14/h1-2H,3H2. The van der Waals surface area contributed by atoms with Gasteiger partial charge in [0.1, 0.15) is 5.82 Å². The lowest BCUT2D eigenvalue weighted by molar-refractivity contribution is -0.127. The maximum Gasteiger partial charge on any atom is 0.393 e. The van der Waals surface area contributed by atoms with E-state index < -0.39 is 24.0 Å². The minimum absolute atomic E-state index is 0.0904. The molecule has 0 aliphatic heterocycles. The average Bonchev–Trinajstić information content (AvgIpc) is 2.04. The van der Waals surface area contributed by atoms with Crippen molar-refractivity contribution in [3.8, 4) is 0 Å². The summed E-state index contributed by atoms with van der Waals surface area (Å²) in [4.78, 5) is 0. The minimum Gasteiger partial charge on any atom is -0.207 e. The molecule has 0 spiro atoms. The predicted molar refractivity (Wildman–Crippen MR) is 46.2 cm³/mol. The molecule has 0 N–H and O–H groups in total. The van der Waals surface area contributed by atoms with Crippen LogP contribution >= 0.6 is 23.2 Å². The predicted octanol–water partition coefficient (Wildman–Crippen LogP) is 4.24. The fourth-order valence-corrected chi connectivity index (χ4v) is 1.33. The first kappa shape index (κ1) is 11.6. The quantitative estimate of drug-likeness (QED) is 0.514. The van der Waals surface area contributed by atoms with Gasteiger partial charge in [-0.1, -0.05) is 23.2 Å². The van der Waals surface area contributed by atoms with Crippen molar-refractivity contribution < 1.29 is 17.6 Å². The van der Waals surface area contributed by atoms with Gasteiger partial charge >= 0.3 is 6.18 Å². The summed E-state index contributed by atoms with van der Waals surface area (Å²) in [6.45, 7) is 0. The summed E-state index contributed by atoms with van der Waals surface area (Å²) in [5.41, 5.74) is -0.619. The highest BCUT2D eigenvalue weighted by Gasteiger charge is 2.30. The lowest BCUT2D eigenvalue weighted by Gasteiger charge is -2.09. The van der Waals surface area contributed by atoms with Gasteiger partial charge in [0.2, 0.25) is 0 Å². The number of alkyl halides is 3. The Morgan fingerprint density at radius 3 is 2.21 bits per heavy atom. The molecule has 1 rings (SSSR count). The van der Waals surface area contributed by atoms with E-state index in [1.165, 1.54) is 0 Å². The molecule has 0 aliphatic carbocycles. The van der Waals surface area contributed by atoms with Crippen LogP contribution < -0.4 is 0 Å². The minimum atomic E-state index is -4.50. The summed E-state index contributed by atoms with van der Waals surface area (Å²) in [5.74, 6) is -1.00. The van der Waals surface area contributed by atoms with E-state index in [4.69, 9.17) is 23.2 Å². The molecule has 1 aromatic rings. The molecule has 0 bridgehead atoms. The Kier molecular flexibility index (Phi) is 3.27. The molecule has 0 nitrogen and oxygen atoms in total. The Labute approximate surface area is 87.4 Å². The second-order valence-corrected chi connectivity index (χ2v) is 3.40. The Bertz CT molecular complexity index is 346. The van der Waals surface area contributed by atoms with Crippen LogP contribution in [0.5, 0.6) is 0 Å². The van der Waals surface area contributed by atoms with E-state index >= 15 is 0 Å². The van der Waals surface area contributed by atoms with Crippen LogP contribution in [-0.2, 0) is 6.42 Å². The molecule has 1 aromatic carbocycles. The summed E-state index contributed by atoms with van der Waals surface area (Å²) in [5, 5.41) is -0.476. The summed E-state index contributed by atoms with van der Waals surface area (Å²) < 4.78 is 48.8. The van der Waals surface area contributed by atoms with Crippen LogP contribution in [0.15, 0.2) is 12.1 Å². The monoisotopic (exact) mass is 246 g/mol. The van der Waals surface area contributed by atoms with Gasteiger partial charge in [0.25, 0.3) is 0 Å². The summed E-state index contributed by atoms with van der Waals surface area (Å²) >= 11 is 10.9. The Balaban J connectivity index is 3.13. The molecular weight excluding hydrogens is 243 g/mol. The highest BCUT2D eigenvalue weighted by atomic mass is 35.5. The van der Waals surface area contributed by atoms with Crippen molar-refractivity contribution in [2.45, 2.75) is 12.6 Å². The molecular formula is C8H4Cl2F4. The third kappa shape index (κ3) is 2.75. The van der Waals surface area contributed by atoms with Gasteiger partial charge in [0, 0.05) is 5.56 Å². The molecule has 0 atom stereocenters. The van der Waals surface area contributed by atoms with Crippen LogP contribution in [0.2, 0.25) is 10.0 Å². The van der Waals surface area contributed by atoms with Gasteiger partial charge in [-0.25, -0.2) is 4.39 Å². The van der Waals surface area contributed by atoms with Crippen LogP contribution in [-0.4, -0.2) is 6.18 Å². The molecule has 78 valence electrons. The van der Waals surface area contributed by atoms with Crippen LogP contribution in [0, 0.1) is 5.82 Å². The zero-order valence-corrected chi connectivity index (χ0v) is 8.14. The second-order valence-electron chi connectivity index (χ2n) is 2.61. The lowest BCUT2D eigenvalue weighted by atomic mass is 10.1. The van der Waals surface area contributed by atoms with E-state index in [1.807, 2.05) is 0 Å². The van der Waals surface area contributed by atoms with Crippen molar-refractivity contribution in [1.82, 2.24) is 0 Å². The molecule has 0 fully saturated rings. The normalized spacial score (nSPS) is 11.9. The fraction of sp³-hybridized carbons (Fsp3) is 0.250. The molecule has 0 unspecified atom stereocenters. The van der Waals surface area contributed by atoms with Crippen molar-refractivity contribution in [1.29, 1.82) is 0 Å². The smallest absolute Gasteiger partial charge is 0.207 e. The zero-order valence-electron chi connectivity index (χ0n) is 6.63. The SMILES string of the molecule is Fc1ccc(Cl)c(Cl)c1CC(F)(F)F. The molecule has 0 saturated carbocycles. The zero-order chi connectivity index (χ0) is 10.9. The first-order chi connectivity index (χ1) is 6.31. The van der Waals surface area contributed by atoms with Crippen LogP contribution in [0.1, 0.15) is 5.56 Å². The Morgan fingerprint density at radius 2 is 1.71 bits per heavy atom. The molecule has 6 heteroatoms. The summed E-state index contributed by atoms with van der Waals surface area (Å²) in [6.07, 6.45) is -5.92. The molecule has 0 radical (unpaired) electrons. The van der Waals surface area contributed by atoms with Gasteiger partial charge in [0.15, 0.2) is 0 Å². The number of rotatable bonds is 1. The maximum atomic E-state index is 12.9. The lowest BCUT2D eigenvalue weighted by Crippen LogP contribution is -2.13. The first-order valence-corrected chi connectivity index (χ1v) is 4.26. The molecule has 0 heterocycles. The van der Waals surface area contributed by atoms with E-state index in [2.05, 4.69) is 0 Å². The second kappa shape index (κ2) is 3.95. The van der Waals surface area contributed by atoms with Crippen LogP contribution in [0.25, 0.3) is 0 Å². The molecule has 0 amide bonds. The highest BCUT2D eigenvalue weighted by molar-refractivity contribution is 6.42. The number of hydrogen-bond donors (Lipinski definition) is 0. The van der Waals surface area contributed by atoms with Crippen molar-refractivity contribution in [2.24, 2.45) is 0 Å². The van der Waals surface area contributed by atoms with Gasteiger partial charge in [0.05, 0.1) is 16.5 Å². The van der Waals surface area contributed by atoms with Crippen molar-refractivity contribution in [3.05, 3.63) is 33.6 Å². The third-order valence-electron chi connectivity index (χ3n) is 1.52. The third-order valence-corrected chi connectivity index (χ3v) is 2.36. The first-order valence-electron chi connectivity index (χ1n) is 3.50. The number of hydrogen-bond acceptors (Lipinski definition) is 0. The Hall–Kier alpha value is -0.480. The highest BCUT2D eigenvalue weighted by Crippen LogP contribution is 2.32. The van der Waals surface area contributed by atoms with Crippen molar-refractivity contribution >= 4 is 23.2 Å². The average molecular weight is 247 g/mol. The van der Waals surface area contributed by atoms with E-state index in [9.17, 15) is 17.6 Å². The molecule has 14 heavy (non-hydrogen) atoms. The largest absolute Gasteiger partial charge is 0.393 e. The van der Waals surface area contributed by atoms with Gasteiger partial charge in [-0.3, -0.25) is 0 Å². The topological polar surface area (TPSA) is 0 Å². The Morgan fingerprint density at radius 1 is 1.14 bits per heavy atom. The maximum absolute atomic E-state index is 12.9. The van der Waals surface area contributed by atoms with Gasteiger partial charge in [-0.15, -0.1) is 0 Å². The summed E-state index contributed by atoms with van der Waals surface area (Å²) in [6, 6.07) is 1.97. The van der Waals surface area contributed by atoms with E-state index in [1.54, 1.807) is 0 Å². The number of halogens is 6. The van der Waals surface area contributed by atoms with Crippen molar-refractivity contribution in [3.63, 3.8) is 0 Å². The van der Waals surface area contributed by atoms with Gasteiger partial charge in [-0.05, 0) is 12.1 Å². The van der Waals surface area contributed by atoms with E-state index in [0.29, 0.717) is 0 Å². The number of benzene rings is 1. The fourth-order valence-electron chi connectivity index (χ4n) is 0.932. The van der Waals surface area contributed by atoms with Crippen LogP contribution in [0.3, 0.4) is 0 Å². The van der Waals surface area contributed by atoms with E-state index in [0.717, 1.165) is 12.1 Å². The van der Waals surface area contributed by atoms with Crippen LogP contribution in [0.4, 0.5) is 17.6 Å². The van der Waals surface area contributed by atoms with Gasteiger partial charge in [-0.2, -0.15) is 13.2 Å².